The molecule has 3 N–H and O–H groups in total. The molecule has 1 atom stereocenters. The second kappa shape index (κ2) is 5.22. The predicted octanol–water partition coefficient (Wildman–Crippen LogP) is 1.85. The Labute approximate surface area is 106 Å². The average molecular weight is 254 g/mol. The van der Waals surface area contributed by atoms with Crippen molar-refractivity contribution in [2.45, 2.75) is 32.3 Å². The smallest absolute Gasteiger partial charge is 0.163 e. The standard InChI is InChI=1S/C13H19FN2O2/c1-13(2)17-8-10(18-13)7-16-12-5-9(6-15)3-4-11(12)14/h3-5,10,16H,6-8,15H2,1-2H3. The van der Waals surface area contributed by atoms with Crippen molar-refractivity contribution in [1.29, 1.82) is 0 Å². The third kappa shape index (κ3) is 3.19. The van der Waals surface area contributed by atoms with Gasteiger partial charge in [-0.05, 0) is 31.5 Å². The summed E-state index contributed by atoms with van der Waals surface area (Å²) in [5.74, 6) is -0.838. The van der Waals surface area contributed by atoms with Crippen LogP contribution in [0.2, 0.25) is 0 Å². The van der Waals surface area contributed by atoms with E-state index >= 15 is 0 Å². The Bertz CT molecular complexity index is 423. The monoisotopic (exact) mass is 254 g/mol. The van der Waals surface area contributed by atoms with Crippen LogP contribution in [0.25, 0.3) is 0 Å². The largest absolute Gasteiger partial charge is 0.380 e. The van der Waals surface area contributed by atoms with Crippen molar-refractivity contribution in [3.63, 3.8) is 0 Å². The van der Waals surface area contributed by atoms with E-state index in [0.717, 1.165) is 5.56 Å². The van der Waals surface area contributed by atoms with E-state index in [4.69, 9.17) is 15.2 Å². The minimum absolute atomic E-state index is 0.0686. The zero-order valence-corrected chi connectivity index (χ0v) is 10.7. The molecule has 4 nitrogen and oxygen atoms in total. The highest BCUT2D eigenvalue weighted by atomic mass is 19.1. The predicted molar refractivity (Wildman–Crippen MR) is 67.7 cm³/mol. The summed E-state index contributed by atoms with van der Waals surface area (Å²) in [4.78, 5) is 0. The number of hydrogen-bond donors (Lipinski definition) is 2. The lowest BCUT2D eigenvalue weighted by molar-refractivity contribution is -0.136. The molecular weight excluding hydrogens is 235 g/mol. The number of nitrogens with two attached hydrogens (primary N) is 1. The molecule has 0 spiro atoms. The van der Waals surface area contributed by atoms with E-state index in [9.17, 15) is 4.39 Å². The molecule has 1 unspecified atom stereocenters. The van der Waals surface area contributed by atoms with Crippen molar-refractivity contribution in [2.75, 3.05) is 18.5 Å². The van der Waals surface area contributed by atoms with Gasteiger partial charge in [0, 0.05) is 13.1 Å². The maximum Gasteiger partial charge on any atom is 0.163 e. The van der Waals surface area contributed by atoms with Crippen molar-refractivity contribution in [1.82, 2.24) is 0 Å². The van der Waals surface area contributed by atoms with Crippen molar-refractivity contribution in [2.24, 2.45) is 5.73 Å². The normalized spacial score (nSPS) is 22.1. The van der Waals surface area contributed by atoms with Crippen LogP contribution in [0.3, 0.4) is 0 Å². The molecule has 1 aliphatic heterocycles. The summed E-state index contributed by atoms with van der Waals surface area (Å²) >= 11 is 0. The van der Waals surface area contributed by atoms with Crippen LogP contribution in [-0.4, -0.2) is 25.0 Å². The summed E-state index contributed by atoms with van der Waals surface area (Å²) in [5.41, 5.74) is 6.87. The molecule has 0 aromatic heterocycles. The van der Waals surface area contributed by atoms with Crippen LogP contribution in [0.4, 0.5) is 10.1 Å². The van der Waals surface area contributed by atoms with Gasteiger partial charge in [0.1, 0.15) is 11.9 Å². The van der Waals surface area contributed by atoms with E-state index in [-0.39, 0.29) is 11.9 Å². The van der Waals surface area contributed by atoms with Crippen LogP contribution in [0.15, 0.2) is 18.2 Å². The van der Waals surface area contributed by atoms with Crippen LogP contribution >= 0.6 is 0 Å². The summed E-state index contributed by atoms with van der Waals surface area (Å²) < 4.78 is 24.6. The SMILES string of the molecule is CC1(C)OCC(CNc2cc(CN)ccc2F)O1. The number of ether oxygens (including phenoxy) is 2. The molecule has 1 aromatic carbocycles. The molecular formula is C13H19FN2O2. The van der Waals surface area contributed by atoms with Gasteiger partial charge in [0.2, 0.25) is 0 Å². The highest BCUT2D eigenvalue weighted by molar-refractivity contribution is 5.47. The first-order valence-electron chi connectivity index (χ1n) is 6.04. The van der Waals surface area contributed by atoms with E-state index < -0.39 is 5.79 Å². The molecule has 1 saturated heterocycles. The van der Waals surface area contributed by atoms with E-state index in [0.29, 0.717) is 25.4 Å². The fraction of sp³-hybridized carbons (Fsp3) is 0.538. The third-order valence-electron chi connectivity index (χ3n) is 2.85. The van der Waals surface area contributed by atoms with Gasteiger partial charge in [-0.3, -0.25) is 0 Å². The molecule has 1 aliphatic rings. The van der Waals surface area contributed by atoms with Crippen molar-refractivity contribution in [3.8, 4) is 0 Å². The lowest BCUT2D eigenvalue weighted by Crippen LogP contribution is -2.26. The van der Waals surface area contributed by atoms with Crippen molar-refractivity contribution < 1.29 is 13.9 Å². The molecule has 0 bridgehead atoms. The van der Waals surface area contributed by atoms with Gasteiger partial charge in [0.25, 0.3) is 0 Å². The van der Waals surface area contributed by atoms with Gasteiger partial charge in [-0.2, -0.15) is 0 Å². The quantitative estimate of drug-likeness (QED) is 0.861. The van der Waals surface area contributed by atoms with E-state index in [2.05, 4.69) is 5.32 Å². The molecule has 0 saturated carbocycles. The van der Waals surface area contributed by atoms with Crippen LogP contribution < -0.4 is 11.1 Å². The minimum atomic E-state index is -0.552. The Morgan fingerprint density at radius 3 is 2.89 bits per heavy atom. The number of hydrogen-bond acceptors (Lipinski definition) is 4. The molecule has 100 valence electrons. The topological polar surface area (TPSA) is 56.5 Å². The van der Waals surface area contributed by atoms with Crippen LogP contribution in [0.5, 0.6) is 0 Å². The summed E-state index contributed by atoms with van der Waals surface area (Å²) in [6.07, 6.45) is -0.0686. The van der Waals surface area contributed by atoms with Gasteiger partial charge in [0.15, 0.2) is 5.79 Å². The van der Waals surface area contributed by atoms with Gasteiger partial charge >= 0.3 is 0 Å². The third-order valence-corrected chi connectivity index (χ3v) is 2.85. The Morgan fingerprint density at radius 1 is 1.50 bits per heavy atom. The van der Waals surface area contributed by atoms with Crippen LogP contribution in [-0.2, 0) is 16.0 Å². The molecule has 0 amide bonds. The number of benzene rings is 1. The molecule has 1 fully saturated rings. The number of nitrogens with one attached hydrogen (secondary N) is 1. The number of halogens is 1. The zero-order chi connectivity index (χ0) is 13.2. The van der Waals surface area contributed by atoms with Crippen LogP contribution in [0.1, 0.15) is 19.4 Å². The Hall–Kier alpha value is -1.17. The minimum Gasteiger partial charge on any atom is -0.380 e. The maximum absolute atomic E-state index is 13.6. The lowest BCUT2D eigenvalue weighted by Gasteiger charge is -2.17. The van der Waals surface area contributed by atoms with Crippen molar-refractivity contribution in [3.05, 3.63) is 29.6 Å². The first-order valence-corrected chi connectivity index (χ1v) is 6.04. The van der Waals surface area contributed by atoms with Gasteiger partial charge in [-0.25, -0.2) is 4.39 Å². The van der Waals surface area contributed by atoms with Crippen LogP contribution in [0, 0.1) is 5.82 Å². The van der Waals surface area contributed by atoms with E-state index in [1.165, 1.54) is 6.07 Å². The highest BCUT2D eigenvalue weighted by Crippen LogP contribution is 2.23. The fourth-order valence-electron chi connectivity index (χ4n) is 1.92. The second-order valence-corrected chi connectivity index (χ2v) is 4.85. The molecule has 0 radical (unpaired) electrons. The number of anilines is 1. The second-order valence-electron chi connectivity index (χ2n) is 4.85. The van der Waals surface area contributed by atoms with E-state index in [1.807, 2.05) is 13.8 Å². The summed E-state index contributed by atoms with van der Waals surface area (Å²) in [7, 11) is 0. The first kappa shape index (κ1) is 13.3. The number of rotatable bonds is 4. The van der Waals surface area contributed by atoms with Gasteiger partial charge < -0.3 is 20.5 Å². The zero-order valence-electron chi connectivity index (χ0n) is 10.7. The molecule has 0 aliphatic carbocycles. The molecule has 5 heteroatoms. The molecule has 1 aromatic rings. The molecule has 1 heterocycles. The Morgan fingerprint density at radius 2 is 2.28 bits per heavy atom. The summed E-state index contributed by atoms with van der Waals surface area (Å²) in [6, 6.07) is 4.82. The first-order chi connectivity index (χ1) is 8.50. The average Bonchev–Trinajstić information content (AvgIpc) is 2.68. The lowest BCUT2D eigenvalue weighted by atomic mass is 10.2. The summed E-state index contributed by atoms with van der Waals surface area (Å²) in [6.45, 7) is 5.14. The maximum atomic E-state index is 13.6. The van der Waals surface area contributed by atoms with Gasteiger partial charge in [0.05, 0.1) is 12.3 Å². The van der Waals surface area contributed by atoms with Gasteiger partial charge in [-0.1, -0.05) is 6.07 Å². The molecule has 2 rings (SSSR count). The van der Waals surface area contributed by atoms with Crippen molar-refractivity contribution >= 4 is 5.69 Å². The Kier molecular flexibility index (Phi) is 3.85. The summed E-state index contributed by atoms with van der Waals surface area (Å²) in [5, 5.41) is 3.03. The fourth-order valence-corrected chi connectivity index (χ4v) is 1.92. The highest BCUT2D eigenvalue weighted by Gasteiger charge is 2.32. The van der Waals surface area contributed by atoms with Gasteiger partial charge in [-0.15, -0.1) is 0 Å². The van der Waals surface area contributed by atoms with E-state index in [1.54, 1.807) is 12.1 Å². The Balaban J connectivity index is 1.94. The molecule has 18 heavy (non-hydrogen) atoms.